The molecule has 0 saturated heterocycles. The molecule has 0 bridgehead atoms. The Balaban J connectivity index is 2.41. The first-order chi connectivity index (χ1) is 6.88. The molecule has 3 nitrogen and oxygen atoms in total. The zero-order chi connectivity index (χ0) is 10.2. The SMILES string of the molecule is CCOCCOc1ccccc1CO. The molecule has 0 atom stereocenters. The summed E-state index contributed by atoms with van der Waals surface area (Å²) in [7, 11) is 0. The average Bonchev–Trinajstić information content (AvgIpc) is 2.25. The third kappa shape index (κ3) is 3.36. The Hall–Kier alpha value is -1.06. The van der Waals surface area contributed by atoms with Gasteiger partial charge in [0.15, 0.2) is 0 Å². The second-order valence-electron chi connectivity index (χ2n) is 2.81. The molecule has 1 aromatic carbocycles. The number of rotatable bonds is 6. The van der Waals surface area contributed by atoms with Crippen molar-refractivity contribution in [3.8, 4) is 5.75 Å². The highest BCUT2D eigenvalue weighted by molar-refractivity contribution is 5.32. The van der Waals surface area contributed by atoms with Gasteiger partial charge in [-0.3, -0.25) is 0 Å². The molecule has 0 saturated carbocycles. The first-order valence-corrected chi connectivity index (χ1v) is 4.77. The van der Waals surface area contributed by atoms with Gasteiger partial charge in [0.1, 0.15) is 12.4 Å². The first kappa shape index (κ1) is 11.0. The summed E-state index contributed by atoms with van der Waals surface area (Å²) in [4.78, 5) is 0. The molecule has 0 radical (unpaired) electrons. The van der Waals surface area contributed by atoms with Crippen LogP contribution in [0.25, 0.3) is 0 Å². The Bertz CT molecular complexity index is 260. The summed E-state index contributed by atoms with van der Waals surface area (Å²) in [5, 5.41) is 9.01. The monoisotopic (exact) mass is 196 g/mol. The molecule has 3 heteroatoms. The molecule has 14 heavy (non-hydrogen) atoms. The van der Waals surface area contributed by atoms with Gasteiger partial charge in [0.2, 0.25) is 0 Å². The van der Waals surface area contributed by atoms with Crippen LogP contribution in [-0.4, -0.2) is 24.9 Å². The molecule has 0 fully saturated rings. The van der Waals surface area contributed by atoms with E-state index in [1.807, 2.05) is 31.2 Å². The Labute approximate surface area is 84.3 Å². The first-order valence-electron chi connectivity index (χ1n) is 4.77. The Kier molecular flexibility index (Phi) is 5.04. The number of hydrogen-bond acceptors (Lipinski definition) is 3. The Morgan fingerprint density at radius 1 is 1.21 bits per heavy atom. The zero-order valence-electron chi connectivity index (χ0n) is 8.40. The van der Waals surface area contributed by atoms with E-state index in [4.69, 9.17) is 14.6 Å². The molecule has 1 rings (SSSR count). The van der Waals surface area contributed by atoms with Crippen molar-refractivity contribution in [1.29, 1.82) is 0 Å². The predicted molar refractivity (Wildman–Crippen MR) is 54.4 cm³/mol. The molecule has 0 aliphatic carbocycles. The molecule has 0 amide bonds. The van der Waals surface area contributed by atoms with Crippen molar-refractivity contribution < 1.29 is 14.6 Å². The lowest BCUT2D eigenvalue weighted by Crippen LogP contribution is -2.07. The second kappa shape index (κ2) is 6.40. The van der Waals surface area contributed by atoms with E-state index in [1.54, 1.807) is 0 Å². The minimum absolute atomic E-state index is 0.00477. The second-order valence-corrected chi connectivity index (χ2v) is 2.81. The third-order valence-electron chi connectivity index (χ3n) is 1.83. The van der Waals surface area contributed by atoms with E-state index in [2.05, 4.69) is 0 Å². The van der Waals surface area contributed by atoms with Crippen LogP contribution < -0.4 is 4.74 Å². The summed E-state index contributed by atoms with van der Waals surface area (Å²) in [6.07, 6.45) is 0. The molecule has 78 valence electrons. The Morgan fingerprint density at radius 2 is 2.00 bits per heavy atom. The highest BCUT2D eigenvalue weighted by Gasteiger charge is 2.00. The standard InChI is InChI=1S/C11H16O3/c1-2-13-7-8-14-11-6-4-3-5-10(11)9-12/h3-6,12H,2,7-9H2,1H3. The van der Waals surface area contributed by atoms with Crippen molar-refractivity contribution in [2.75, 3.05) is 19.8 Å². The lowest BCUT2D eigenvalue weighted by atomic mass is 10.2. The maximum Gasteiger partial charge on any atom is 0.124 e. The number of aliphatic hydroxyl groups excluding tert-OH is 1. The lowest BCUT2D eigenvalue weighted by Gasteiger charge is -2.09. The summed E-state index contributed by atoms with van der Waals surface area (Å²) in [5.74, 6) is 0.731. The van der Waals surface area contributed by atoms with Crippen LogP contribution in [0.4, 0.5) is 0 Å². The molecule has 0 aromatic heterocycles. The highest BCUT2D eigenvalue weighted by atomic mass is 16.5. The molecule has 0 heterocycles. The molecular formula is C11H16O3. The maximum absolute atomic E-state index is 9.01. The van der Waals surface area contributed by atoms with Crippen molar-refractivity contribution >= 4 is 0 Å². The molecule has 1 N–H and O–H groups in total. The minimum atomic E-state index is 0.00477. The van der Waals surface area contributed by atoms with Crippen LogP contribution in [-0.2, 0) is 11.3 Å². The van der Waals surface area contributed by atoms with Gasteiger partial charge in [-0.05, 0) is 13.0 Å². The van der Waals surface area contributed by atoms with Crippen LogP contribution in [0.5, 0.6) is 5.75 Å². The van der Waals surface area contributed by atoms with Crippen LogP contribution in [0.3, 0.4) is 0 Å². The Morgan fingerprint density at radius 3 is 2.71 bits per heavy atom. The average molecular weight is 196 g/mol. The van der Waals surface area contributed by atoms with Crippen molar-refractivity contribution in [2.45, 2.75) is 13.5 Å². The quantitative estimate of drug-likeness (QED) is 0.702. The van der Waals surface area contributed by atoms with E-state index in [1.165, 1.54) is 0 Å². The molecule has 0 aliphatic heterocycles. The van der Waals surface area contributed by atoms with Gasteiger partial charge in [0.05, 0.1) is 13.2 Å². The molecule has 0 unspecified atom stereocenters. The van der Waals surface area contributed by atoms with Gasteiger partial charge in [-0.2, -0.15) is 0 Å². The van der Waals surface area contributed by atoms with Crippen LogP contribution >= 0.6 is 0 Å². The molecular weight excluding hydrogens is 180 g/mol. The number of benzene rings is 1. The van der Waals surface area contributed by atoms with Gasteiger partial charge in [0, 0.05) is 12.2 Å². The van der Waals surface area contributed by atoms with Crippen LogP contribution in [0.1, 0.15) is 12.5 Å². The summed E-state index contributed by atoms with van der Waals surface area (Å²) in [6.45, 7) is 3.75. The van der Waals surface area contributed by atoms with Crippen LogP contribution in [0, 0.1) is 0 Å². The van der Waals surface area contributed by atoms with E-state index in [0.29, 0.717) is 19.8 Å². The molecule has 1 aromatic rings. The third-order valence-corrected chi connectivity index (χ3v) is 1.83. The van der Waals surface area contributed by atoms with Gasteiger partial charge < -0.3 is 14.6 Å². The topological polar surface area (TPSA) is 38.7 Å². The summed E-state index contributed by atoms with van der Waals surface area (Å²) in [6, 6.07) is 7.45. The molecule has 0 spiro atoms. The van der Waals surface area contributed by atoms with E-state index in [0.717, 1.165) is 11.3 Å². The van der Waals surface area contributed by atoms with Crippen molar-refractivity contribution in [2.24, 2.45) is 0 Å². The fourth-order valence-corrected chi connectivity index (χ4v) is 1.13. The summed E-state index contributed by atoms with van der Waals surface area (Å²) < 4.78 is 10.6. The predicted octanol–water partition coefficient (Wildman–Crippen LogP) is 1.59. The minimum Gasteiger partial charge on any atom is -0.491 e. The fourth-order valence-electron chi connectivity index (χ4n) is 1.13. The van der Waals surface area contributed by atoms with E-state index >= 15 is 0 Å². The van der Waals surface area contributed by atoms with Gasteiger partial charge in [0.25, 0.3) is 0 Å². The van der Waals surface area contributed by atoms with Crippen LogP contribution in [0.15, 0.2) is 24.3 Å². The van der Waals surface area contributed by atoms with E-state index in [9.17, 15) is 0 Å². The molecule has 0 aliphatic rings. The number of para-hydroxylation sites is 1. The largest absolute Gasteiger partial charge is 0.491 e. The van der Waals surface area contributed by atoms with Gasteiger partial charge in [-0.15, -0.1) is 0 Å². The van der Waals surface area contributed by atoms with Crippen LogP contribution in [0.2, 0.25) is 0 Å². The highest BCUT2D eigenvalue weighted by Crippen LogP contribution is 2.17. The van der Waals surface area contributed by atoms with Crippen molar-refractivity contribution in [3.05, 3.63) is 29.8 Å². The smallest absolute Gasteiger partial charge is 0.124 e. The lowest BCUT2D eigenvalue weighted by molar-refractivity contribution is 0.109. The fraction of sp³-hybridized carbons (Fsp3) is 0.455. The number of ether oxygens (including phenoxy) is 2. The van der Waals surface area contributed by atoms with E-state index < -0.39 is 0 Å². The zero-order valence-corrected chi connectivity index (χ0v) is 8.40. The van der Waals surface area contributed by atoms with Crippen molar-refractivity contribution in [1.82, 2.24) is 0 Å². The van der Waals surface area contributed by atoms with E-state index in [-0.39, 0.29) is 6.61 Å². The van der Waals surface area contributed by atoms with Gasteiger partial charge >= 0.3 is 0 Å². The van der Waals surface area contributed by atoms with Gasteiger partial charge in [-0.25, -0.2) is 0 Å². The summed E-state index contributed by atoms with van der Waals surface area (Å²) in [5.41, 5.74) is 0.809. The van der Waals surface area contributed by atoms with Crippen molar-refractivity contribution in [3.63, 3.8) is 0 Å². The number of aliphatic hydroxyl groups is 1. The van der Waals surface area contributed by atoms with Gasteiger partial charge in [-0.1, -0.05) is 18.2 Å². The number of hydrogen-bond donors (Lipinski definition) is 1. The maximum atomic E-state index is 9.01. The normalized spacial score (nSPS) is 10.1. The summed E-state index contributed by atoms with van der Waals surface area (Å²) >= 11 is 0.